The van der Waals surface area contributed by atoms with Crippen LogP contribution in [0.15, 0.2) is 94.6 Å². The van der Waals surface area contributed by atoms with Gasteiger partial charge in [0.15, 0.2) is 0 Å². The zero-order valence-electron chi connectivity index (χ0n) is 15.9. The molecule has 3 aromatic carbocycles. The van der Waals surface area contributed by atoms with Gasteiger partial charge in [0.2, 0.25) is 0 Å². The van der Waals surface area contributed by atoms with E-state index in [9.17, 15) is 13.2 Å². The predicted molar refractivity (Wildman–Crippen MR) is 116 cm³/mol. The van der Waals surface area contributed by atoms with Gasteiger partial charge in [0.1, 0.15) is 0 Å². The highest BCUT2D eigenvalue weighted by Gasteiger charge is 2.26. The number of anilines is 1. The predicted octanol–water partition coefficient (Wildman–Crippen LogP) is 4.23. The second kappa shape index (κ2) is 7.56. The van der Waals surface area contributed by atoms with Gasteiger partial charge in [-0.1, -0.05) is 54.1 Å². The van der Waals surface area contributed by atoms with E-state index in [-0.39, 0.29) is 17.0 Å². The fourth-order valence-corrected chi connectivity index (χ4v) is 4.67. The van der Waals surface area contributed by atoms with Gasteiger partial charge in [-0.15, -0.1) is 0 Å². The van der Waals surface area contributed by atoms with E-state index in [1.54, 1.807) is 48.5 Å². The SMILES string of the molecule is Cc1ccc(N(Cc2cc3ccccc3[nH]c2=O)S(=O)(=O)c2ccccc2)cc1. The Hall–Kier alpha value is -3.38. The van der Waals surface area contributed by atoms with E-state index >= 15 is 0 Å². The molecule has 29 heavy (non-hydrogen) atoms. The van der Waals surface area contributed by atoms with Crippen LogP contribution in [0.25, 0.3) is 10.9 Å². The normalized spacial score (nSPS) is 11.5. The van der Waals surface area contributed by atoms with Crippen LogP contribution in [0.5, 0.6) is 0 Å². The molecule has 0 bridgehead atoms. The molecular weight excluding hydrogens is 384 g/mol. The highest BCUT2D eigenvalue weighted by Crippen LogP contribution is 2.26. The molecule has 146 valence electrons. The summed E-state index contributed by atoms with van der Waals surface area (Å²) in [5.41, 5.74) is 2.32. The van der Waals surface area contributed by atoms with Crippen LogP contribution in [-0.2, 0) is 16.6 Å². The van der Waals surface area contributed by atoms with Gasteiger partial charge in [-0.05, 0) is 48.7 Å². The standard InChI is InChI=1S/C23H20N2O3S/c1-17-11-13-20(14-12-17)25(29(27,28)21-8-3-2-4-9-21)16-19-15-18-7-5-6-10-22(18)24-23(19)26/h2-15H,16H2,1H3,(H,24,26). The van der Waals surface area contributed by atoms with Gasteiger partial charge in [-0.2, -0.15) is 0 Å². The number of aryl methyl sites for hydroxylation is 1. The first-order chi connectivity index (χ1) is 13.9. The Labute approximate surface area is 169 Å². The fourth-order valence-electron chi connectivity index (χ4n) is 3.21. The number of nitrogens with zero attached hydrogens (tertiary/aromatic N) is 1. The Balaban J connectivity index is 1.84. The lowest BCUT2D eigenvalue weighted by Crippen LogP contribution is -2.33. The van der Waals surface area contributed by atoms with Crippen LogP contribution in [0.4, 0.5) is 5.69 Å². The lowest BCUT2D eigenvalue weighted by atomic mass is 10.1. The molecule has 0 radical (unpaired) electrons. The highest BCUT2D eigenvalue weighted by molar-refractivity contribution is 7.92. The van der Waals surface area contributed by atoms with Gasteiger partial charge in [0, 0.05) is 11.1 Å². The molecule has 0 amide bonds. The Morgan fingerprint density at radius 1 is 0.862 bits per heavy atom. The van der Waals surface area contributed by atoms with E-state index in [0.717, 1.165) is 10.9 Å². The number of pyridine rings is 1. The summed E-state index contributed by atoms with van der Waals surface area (Å²) < 4.78 is 28.1. The van der Waals surface area contributed by atoms with Crippen LogP contribution >= 0.6 is 0 Å². The lowest BCUT2D eigenvalue weighted by molar-refractivity contribution is 0.590. The van der Waals surface area contributed by atoms with Crippen molar-refractivity contribution in [2.45, 2.75) is 18.4 Å². The Bertz CT molecular complexity index is 1310. The summed E-state index contributed by atoms with van der Waals surface area (Å²) in [6.07, 6.45) is 0. The van der Waals surface area contributed by atoms with Crippen molar-refractivity contribution in [2.75, 3.05) is 4.31 Å². The summed E-state index contributed by atoms with van der Waals surface area (Å²) >= 11 is 0. The number of sulfonamides is 1. The Kier molecular flexibility index (Phi) is 4.94. The van der Waals surface area contributed by atoms with E-state index in [4.69, 9.17) is 0 Å². The van der Waals surface area contributed by atoms with Crippen molar-refractivity contribution in [2.24, 2.45) is 0 Å². The first-order valence-electron chi connectivity index (χ1n) is 9.20. The van der Waals surface area contributed by atoms with E-state index in [1.807, 2.05) is 43.3 Å². The third-order valence-corrected chi connectivity index (χ3v) is 6.59. The fraction of sp³-hybridized carbons (Fsp3) is 0.0870. The number of hydrogen-bond acceptors (Lipinski definition) is 3. The summed E-state index contributed by atoms with van der Waals surface area (Å²) in [6, 6.07) is 24.6. The van der Waals surface area contributed by atoms with E-state index < -0.39 is 10.0 Å². The topological polar surface area (TPSA) is 70.2 Å². The van der Waals surface area contributed by atoms with Crippen molar-refractivity contribution in [3.05, 3.63) is 106 Å². The molecule has 0 atom stereocenters. The number of aromatic nitrogens is 1. The molecular formula is C23H20N2O3S. The van der Waals surface area contributed by atoms with E-state index in [2.05, 4.69) is 4.98 Å². The first kappa shape index (κ1) is 19.0. The average Bonchev–Trinajstić information content (AvgIpc) is 2.73. The number of nitrogens with one attached hydrogen (secondary N) is 1. The maximum atomic E-state index is 13.4. The first-order valence-corrected chi connectivity index (χ1v) is 10.6. The second-order valence-electron chi connectivity index (χ2n) is 6.87. The zero-order valence-corrected chi connectivity index (χ0v) is 16.7. The molecule has 1 heterocycles. The molecule has 0 aliphatic carbocycles. The zero-order chi connectivity index (χ0) is 20.4. The third-order valence-electron chi connectivity index (χ3n) is 4.80. The number of aromatic amines is 1. The second-order valence-corrected chi connectivity index (χ2v) is 8.73. The van der Waals surface area contributed by atoms with Crippen molar-refractivity contribution < 1.29 is 8.42 Å². The molecule has 0 saturated carbocycles. The molecule has 0 saturated heterocycles. The maximum Gasteiger partial charge on any atom is 0.264 e. The number of H-pyrrole nitrogens is 1. The van der Waals surface area contributed by atoms with Crippen LogP contribution in [-0.4, -0.2) is 13.4 Å². The minimum Gasteiger partial charge on any atom is -0.322 e. The summed E-state index contributed by atoms with van der Waals surface area (Å²) in [5.74, 6) is 0. The van der Waals surface area contributed by atoms with Gasteiger partial charge < -0.3 is 4.98 Å². The smallest absolute Gasteiger partial charge is 0.264 e. The number of para-hydroxylation sites is 1. The molecule has 1 N–H and O–H groups in total. The third kappa shape index (κ3) is 3.79. The Morgan fingerprint density at radius 2 is 1.52 bits per heavy atom. The minimum atomic E-state index is -3.85. The van der Waals surface area contributed by atoms with Crippen LogP contribution in [0, 0.1) is 6.92 Å². The van der Waals surface area contributed by atoms with Crippen molar-refractivity contribution in [3.8, 4) is 0 Å². The molecule has 0 fully saturated rings. The summed E-state index contributed by atoms with van der Waals surface area (Å²) in [5, 5.41) is 0.850. The van der Waals surface area contributed by atoms with E-state index in [0.29, 0.717) is 16.8 Å². The number of hydrogen-bond donors (Lipinski definition) is 1. The summed E-state index contributed by atoms with van der Waals surface area (Å²) in [7, 11) is -3.85. The molecule has 0 spiro atoms. The van der Waals surface area contributed by atoms with Gasteiger partial charge in [-0.25, -0.2) is 8.42 Å². The van der Waals surface area contributed by atoms with Gasteiger partial charge in [0.25, 0.3) is 15.6 Å². The molecule has 4 rings (SSSR count). The summed E-state index contributed by atoms with van der Waals surface area (Å²) in [6.45, 7) is 1.87. The Morgan fingerprint density at radius 3 is 2.24 bits per heavy atom. The average molecular weight is 404 g/mol. The van der Waals surface area contributed by atoms with Gasteiger partial charge >= 0.3 is 0 Å². The minimum absolute atomic E-state index is 0.0690. The lowest BCUT2D eigenvalue weighted by Gasteiger charge is -2.24. The number of benzene rings is 3. The molecule has 6 heteroatoms. The largest absolute Gasteiger partial charge is 0.322 e. The van der Waals surface area contributed by atoms with Crippen molar-refractivity contribution >= 4 is 26.6 Å². The molecule has 1 aromatic heterocycles. The van der Waals surface area contributed by atoms with Crippen LogP contribution < -0.4 is 9.86 Å². The van der Waals surface area contributed by atoms with Crippen molar-refractivity contribution in [1.82, 2.24) is 4.98 Å². The van der Waals surface area contributed by atoms with Crippen LogP contribution in [0.2, 0.25) is 0 Å². The highest BCUT2D eigenvalue weighted by atomic mass is 32.2. The molecule has 4 aromatic rings. The van der Waals surface area contributed by atoms with Gasteiger partial charge in [-0.3, -0.25) is 9.10 Å². The molecule has 5 nitrogen and oxygen atoms in total. The quantitative estimate of drug-likeness (QED) is 0.541. The van der Waals surface area contributed by atoms with Gasteiger partial charge in [0.05, 0.1) is 17.1 Å². The molecule has 0 aliphatic heterocycles. The molecule has 0 unspecified atom stereocenters. The van der Waals surface area contributed by atoms with E-state index in [1.165, 1.54) is 4.31 Å². The van der Waals surface area contributed by atoms with Crippen molar-refractivity contribution in [1.29, 1.82) is 0 Å². The number of rotatable bonds is 5. The van der Waals surface area contributed by atoms with Crippen LogP contribution in [0.3, 0.4) is 0 Å². The maximum absolute atomic E-state index is 13.4. The van der Waals surface area contributed by atoms with Crippen molar-refractivity contribution in [3.63, 3.8) is 0 Å². The molecule has 0 aliphatic rings. The monoisotopic (exact) mass is 404 g/mol. The van der Waals surface area contributed by atoms with Crippen LogP contribution in [0.1, 0.15) is 11.1 Å². The summed E-state index contributed by atoms with van der Waals surface area (Å²) in [4.78, 5) is 15.7. The number of fused-ring (bicyclic) bond motifs is 1.